The summed E-state index contributed by atoms with van der Waals surface area (Å²) >= 11 is 0. The van der Waals surface area contributed by atoms with Crippen LogP contribution in [0, 0.1) is 13.8 Å². The van der Waals surface area contributed by atoms with Gasteiger partial charge in [-0.05, 0) is 80.1 Å². The maximum Gasteiger partial charge on any atom is 0.341 e. The van der Waals surface area contributed by atoms with Crippen molar-refractivity contribution >= 4 is 18.1 Å². The first-order chi connectivity index (χ1) is 13.9. The summed E-state index contributed by atoms with van der Waals surface area (Å²) in [4.78, 5) is 22.7. The summed E-state index contributed by atoms with van der Waals surface area (Å²) in [5.41, 5.74) is 6.99. The average molecular weight is 391 g/mol. The van der Waals surface area contributed by atoms with E-state index in [0.29, 0.717) is 11.3 Å². The summed E-state index contributed by atoms with van der Waals surface area (Å²) in [5, 5.41) is 12.5. The average Bonchev–Trinajstić information content (AvgIpc) is 3.05. The molecule has 0 aliphatic carbocycles. The number of hydrogen-bond donors (Lipinski definition) is 2. The first-order valence-corrected chi connectivity index (χ1v) is 8.97. The number of carbonyl (C=O) groups is 2. The Hall–Kier alpha value is -3.87. The minimum Gasteiger partial charge on any atom is -0.482 e. The number of aromatic nitrogens is 1. The molecule has 0 unspecified atom stereocenters. The SMILES string of the molecule is Cc1ccc(C)n1-c1ccc(C(=O)N/N=C/c2ccc(OCC(=O)O)cc2)cc1. The Kier molecular flexibility index (Phi) is 6.09. The number of ether oxygens (including phenoxy) is 1. The van der Waals surface area contributed by atoms with Crippen molar-refractivity contribution in [1.29, 1.82) is 0 Å². The smallest absolute Gasteiger partial charge is 0.341 e. The van der Waals surface area contributed by atoms with Gasteiger partial charge in [0.25, 0.3) is 5.91 Å². The highest BCUT2D eigenvalue weighted by molar-refractivity contribution is 5.95. The third-order valence-electron chi connectivity index (χ3n) is 4.28. The van der Waals surface area contributed by atoms with E-state index >= 15 is 0 Å². The molecule has 0 aliphatic rings. The monoisotopic (exact) mass is 391 g/mol. The maximum absolute atomic E-state index is 12.3. The minimum absolute atomic E-state index is 0.310. The summed E-state index contributed by atoms with van der Waals surface area (Å²) in [6.07, 6.45) is 1.50. The molecule has 3 aromatic rings. The third kappa shape index (κ3) is 5.10. The lowest BCUT2D eigenvalue weighted by atomic mass is 10.2. The Morgan fingerprint density at radius 3 is 2.21 bits per heavy atom. The van der Waals surface area contributed by atoms with Crippen LogP contribution in [0.1, 0.15) is 27.3 Å². The number of hydrazone groups is 1. The van der Waals surface area contributed by atoms with Crippen LogP contribution in [0.3, 0.4) is 0 Å². The van der Waals surface area contributed by atoms with E-state index in [1.807, 2.05) is 26.0 Å². The first kappa shape index (κ1) is 19.9. The molecule has 1 aromatic heterocycles. The predicted molar refractivity (Wildman–Crippen MR) is 110 cm³/mol. The molecule has 0 bridgehead atoms. The lowest BCUT2D eigenvalue weighted by Gasteiger charge is -2.10. The van der Waals surface area contributed by atoms with E-state index < -0.39 is 12.6 Å². The van der Waals surface area contributed by atoms with Crippen molar-refractivity contribution in [3.05, 3.63) is 83.2 Å². The van der Waals surface area contributed by atoms with Gasteiger partial charge in [0.15, 0.2) is 6.61 Å². The van der Waals surface area contributed by atoms with Crippen LogP contribution in [-0.4, -0.2) is 34.4 Å². The number of aliphatic carboxylic acids is 1. The molecule has 1 heterocycles. The molecular formula is C22H21N3O4. The summed E-state index contributed by atoms with van der Waals surface area (Å²) < 4.78 is 7.17. The molecule has 7 heteroatoms. The number of aryl methyl sites for hydroxylation is 2. The lowest BCUT2D eigenvalue weighted by Crippen LogP contribution is -2.17. The van der Waals surface area contributed by atoms with Crippen LogP contribution in [-0.2, 0) is 4.79 Å². The fraction of sp³-hybridized carbons (Fsp3) is 0.136. The van der Waals surface area contributed by atoms with Gasteiger partial charge in [-0.15, -0.1) is 0 Å². The molecule has 29 heavy (non-hydrogen) atoms. The fourth-order valence-electron chi connectivity index (χ4n) is 2.86. The molecule has 148 valence electrons. The molecule has 1 amide bonds. The summed E-state index contributed by atoms with van der Waals surface area (Å²) in [5.74, 6) is -0.901. The molecule has 0 aliphatic heterocycles. The highest BCUT2D eigenvalue weighted by Crippen LogP contribution is 2.17. The first-order valence-electron chi connectivity index (χ1n) is 8.97. The van der Waals surface area contributed by atoms with Gasteiger partial charge in [-0.1, -0.05) is 0 Å². The number of rotatable bonds is 7. The van der Waals surface area contributed by atoms with Crippen molar-refractivity contribution in [2.75, 3.05) is 6.61 Å². The summed E-state index contributed by atoms with van der Waals surface area (Å²) in [6.45, 7) is 3.67. The van der Waals surface area contributed by atoms with Gasteiger partial charge in [0.2, 0.25) is 0 Å². The second-order valence-corrected chi connectivity index (χ2v) is 6.45. The maximum atomic E-state index is 12.3. The minimum atomic E-state index is -1.04. The quantitative estimate of drug-likeness (QED) is 0.477. The number of carboxylic acids is 1. The Labute approximate surface area is 168 Å². The molecule has 2 N–H and O–H groups in total. The van der Waals surface area contributed by atoms with Crippen molar-refractivity contribution in [2.24, 2.45) is 5.10 Å². The molecule has 0 saturated carbocycles. The van der Waals surface area contributed by atoms with Crippen LogP contribution in [0.4, 0.5) is 0 Å². The number of nitrogens with one attached hydrogen (secondary N) is 1. The molecule has 3 rings (SSSR count). The number of nitrogens with zero attached hydrogens (tertiary/aromatic N) is 2. The highest BCUT2D eigenvalue weighted by Gasteiger charge is 2.07. The van der Waals surface area contributed by atoms with Gasteiger partial charge in [-0.3, -0.25) is 4.79 Å². The molecule has 0 atom stereocenters. The van der Waals surface area contributed by atoms with Gasteiger partial charge in [-0.2, -0.15) is 5.10 Å². The second-order valence-electron chi connectivity index (χ2n) is 6.45. The second kappa shape index (κ2) is 8.88. The third-order valence-corrected chi connectivity index (χ3v) is 4.28. The summed E-state index contributed by atoms with van der Waals surface area (Å²) in [6, 6.07) is 18.1. The van der Waals surface area contributed by atoms with E-state index in [0.717, 1.165) is 22.6 Å². The number of hydrogen-bond acceptors (Lipinski definition) is 4. The topological polar surface area (TPSA) is 92.9 Å². The number of carbonyl (C=O) groups excluding carboxylic acids is 1. The highest BCUT2D eigenvalue weighted by atomic mass is 16.5. The van der Waals surface area contributed by atoms with Crippen LogP contribution >= 0.6 is 0 Å². The lowest BCUT2D eigenvalue weighted by molar-refractivity contribution is -0.139. The fourth-order valence-corrected chi connectivity index (χ4v) is 2.86. The van der Waals surface area contributed by atoms with E-state index in [1.165, 1.54) is 6.21 Å². The van der Waals surface area contributed by atoms with Gasteiger partial charge in [0.1, 0.15) is 5.75 Å². The molecule has 0 saturated heterocycles. The van der Waals surface area contributed by atoms with Crippen LogP contribution in [0.25, 0.3) is 5.69 Å². The Morgan fingerprint density at radius 1 is 1.00 bits per heavy atom. The Bertz CT molecular complexity index is 1020. The van der Waals surface area contributed by atoms with Crippen molar-refractivity contribution < 1.29 is 19.4 Å². The summed E-state index contributed by atoms with van der Waals surface area (Å²) in [7, 11) is 0. The van der Waals surface area contributed by atoms with Gasteiger partial charge < -0.3 is 14.4 Å². The van der Waals surface area contributed by atoms with Gasteiger partial charge in [0, 0.05) is 22.6 Å². The molecule has 0 radical (unpaired) electrons. The zero-order chi connectivity index (χ0) is 20.8. The zero-order valence-corrected chi connectivity index (χ0v) is 16.1. The van der Waals surface area contributed by atoms with Crippen molar-refractivity contribution in [3.63, 3.8) is 0 Å². The van der Waals surface area contributed by atoms with Crippen molar-refractivity contribution in [3.8, 4) is 11.4 Å². The van der Waals surface area contributed by atoms with E-state index in [9.17, 15) is 9.59 Å². The van der Waals surface area contributed by atoms with E-state index in [1.54, 1.807) is 36.4 Å². The zero-order valence-electron chi connectivity index (χ0n) is 16.1. The van der Waals surface area contributed by atoms with Gasteiger partial charge in [-0.25, -0.2) is 10.2 Å². The Morgan fingerprint density at radius 2 is 1.62 bits per heavy atom. The van der Waals surface area contributed by atoms with Crippen LogP contribution in [0.5, 0.6) is 5.75 Å². The standard InChI is InChI=1S/C22H21N3O4/c1-15-3-4-16(2)25(15)19-9-7-18(8-10-19)22(28)24-23-13-17-5-11-20(12-6-17)29-14-21(26)27/h3-13H,14H2,1-2H3,(H,24,28)(H,26,27)/b23-13+. The molecule has 0 fully saturated rings. The normalized spacial score (nSPS) is 10.8. The Balaban J connectivity index is 1.58. The number of carboxylic acid groups (broad SMARTS) is 1. The van der Waals surface area contributed by atoms with E-state index in [2.05, 4.69) is 27.2 Å². The van der Waals surface area contributed by atoms with Crippen LogP contribution in [0.2, 0.25) is 0 Å². The molecule has 7 nitrogen and oxygen atoms in total. The molecular weight excluding hydrogens is 370 g/mol. The largest absolute Gasteiger partial charge is 0.482 e. The number of amides is 1. The van der Waals surface area contributed by atoms with E-state index in [4.69, 9.17) is 9.84 Å². The van der Waals surface area contributed by atoms with Crippen LogP contribution in [0.15, 0.2) is 65.8 Å². The molecule has 2 aromatic carbocycles. The van der Waals surface area contributed by atoms with Gasteiger partial charge in [0.05, 0.1) is 6.21 Å². The number of benzene rings is 2. The van der Waals surface area contributed by atoms with Crippen molar-refractivity contribution in [1.82, 2.24) is 9.99 Å². The van der Waals surface area contributed by atoms with Crippen molar-refractivity contribution in [2.45, 2.75) is 13.8 Å². The van der Waals surface area contributed by atoms with Gasteiger partial charge >= 0.3 is 5.97 Å². The van der Waals surface area contributed by atoms with E-state index in [-0.39, 0.29) is 5.91 Å². The predicted octanol–water partition coefficient (Wildman–Crippen LogP) is 3.32. The molecule has 0 spiro atoms. The van der Waals surface area contributed by atoms with Crippen LogP contribution < -0.4 is 10.2 Å².